The van der Waals surface area contributed by atoms with E-state index in [4.69, 9.17) is 0 Å². The Morgan fingerprint density at radius 3 is 1.64 bits per heavy atom. The zero-order chi connectivity index (χ0) is 10.7. The van der Waals surface area contributed by atoms with E-state index in [1.54, 1.807) is 0 Å². The summed E-state index contributed by atoms with van der Waals surface area (Å²) in [5, 5.41) is 10.3. The maximum atomic E-state index is 10.3. The van der Waals surface area contributed by atoms with Crippen molar-refractivity contribution >= 4 is 0 Å². The van der Waals surface area contributed by atoms with E-state index in [9.17, 15) is 5.11 Å². The van der Waals surface area contributed by atoms with Gasteiger partial charge in [-0.05, 0) is 36.5 Å². The first-order valence-electron chi connectivity index (χ1n) is 6.29. The van der Waals surface area contributed by atoms with Crippen LogP contribution in [0.2, 0.25) is 0 Å². The number of hydrogen-bond donors (Lipinski definition) is 1. The highest BCUT2D eigenvalue weighted by Gasteiger charge is 2.38. The van der Waals surface area contributed by atoms with Crippen LogP contribution in [0.3, 0.4) is 0 Å². The summed E-state index contributed by atoms with van der Waals surface area (Å²) >= 11 is 0. The molecule has 1 heteroatoms. The third-order valence-electron chi connectivity index (χ3n) is 4.46. The van der Waals surface area contributed by atoms with Crippen molar-refractivity contribution in [1.82, 2.24) is 0 Å². The topological polar surface area (TPSA) is 20.2 Å². The molecule has 0 amide bonds. The second-order valence-corrected chi connectivity index (χ2v) is 5.17. The van der Waals surface area contributed by atoms with E-state index in [-0.39, 0.29) is 6.10 Å². The van der Waals surface area contributed by atoms with Gasteiger partial charge >= 0.3 is 0 Å². The van der Waals surface area contributed by atoms with Gasteiger partial charge in [0.25, 0.3) is 0 Å². The summed E-state index contributed by atoms with van der Waals surface area (Å²) in [4.78, 5) is 0. The van der Waals surface area contributed by atoms with Crippen LogP contribution in [0.1, 0.15) is 53.4 Å². The number of rotatable bonds is 4. The molecule has 0 heterocycles. The molecule has 0 aromatic rings. The van der Waals surface area contributed by atoms with Crippen molar-refractivity contribution in [3.8, 4) is 0 Å². The third kappa shape index (κ3) is 2.31. The molecule has 1 N–H and O–H groups in total. The van der Waals surface area contributed by atoms with E-state index in [0.717, 1.165) is 0 Å². The van der Waals surface area contributed by atoms with Crippen LogP contribution in [-0.4, -0.2) is 11.2 Å². The molecule has 0 aromatic heterocycles. The summed E-state index contributed by atoms with van der Waals surface area (Å²) in [6.45, 7) is 9.03. The normalized spacial score (nSPS) is 37.1. The lowest BCUT2D eigenvalue weighted by molar-refractivity contribution is 0.0467. The van der Waals surface area contributed by atoms with Gasteiger partial charge in [-0.3, -0.25) is 0 Å². The van der Waals surface area contributed by atoms with Crippen LogP contribution < -0.4 is 0 Å². The second kappa shape index (κ2) is 5.16. The van der Waals surface area contributed by atoms with Gasteiger partial charge < -0.3 is 5.11 Å². The van der Waals surface area contributed by atoms with E-state index < -0.39 is 0 Å². The maximum absolute atomic E-state index is 10.3. The van der Waals surface area contributed by atoms with Crippen LogP contribution in [-0.2, 0) is 0 Å². The fourth-order valence-electron chi connectivity index (χ4n) is 2.89. The largest absolute Gasteiger partial charge is 0.393 e. The minimum atomic E-state index is -0.0279. The van der Waals surface area contributed by atoms with E-state index in [1.807, 2.05) is 0 Å². The minimum Gasteiger partial charge on any atom is -0.393 e. The van der Waals surface area contributed by atoms with Crippen LogP contribution in [0.25, 0.3) is 0 Å². The molecular weight excluding hydrogens is 172 g/mol. The van der Waals surface area contributed by atoms with Crippen LogP contribution in [0.15, 0.2) is 0 Å². The number of aliphatic hydroxyl groups is 1. The Balaban J connectivity index is 2.54. The Bertz CT molecular complexity index is 149. The van der Waals surface area contributed by atoms with Crippen LogP contribution in [0.5, 0.6) is 0 Å². The van der Waals surface area contributed by atoms with Gasteiger partial charge in [0.15, 0.2) is 0 Å². The molecule has 1 fully saturated rings. The average molecular weight is 198 g/mol. The lowest BCUT2D eigenvalue weighted by atomic mass is 9.83. The first-order chi connectivity index (χ1) is 6.61. The first kappa shape index (κ1) is 12.0. The molecule has 4 unspecified atom stereocenters. The monoisotopic (exact) mass is 198 g/mol. The zero-order valence-corrected chi connectivity index (χ0v) is 10.2. The maximum Gasteiger partial charge on any atom is 0.0601 e. The summed E-state index contributed by atoms with van der Waals surface area (Å²) in [6, 6.07) is 0. The molecule has 0 spiro atoms. The van der Waals surface area contributed by atoms with Crippen molar-refractivity contribution in [2.24, 2.45) is 23.7 Å². The summed E-state index contributed by atoms with van der Waals surface area (Å²) < 4.78 is 0. The van der Waals surface area contributed by atoms with E-state index in [1.165, 1.54) is 25.7 Å². The van der Waals surface area contributed by atoms with Crippen molar-refractivity contribution in [1.29, 1.82) is 0 Å². The molecule has 1 rings (SSSR count). The highest BCUT2D eigenvalue weighted by molar-refractivity contribution is 4.88. The predicted molar refractivity (Wildman–Crippen MR) is 61.1 cm³/mol. The Kier molecular flexibility index (Phi) is 4.43. The highest BCUT2D eigenvalue weighted by Crippen LogP contribution is 2.41. The SMILES string of the molecule is CCC(C)C1CCC(C(C)CC)C1O. The number of aliphatic hydroxyl groups excluding tert-OH is 1. The van der Waals surface area contributed by atoms with Gasteiger partial charge in [0, 0.05) is 0 Å². The van der Waals surface area contributed by atoms with Crippen LogP contribution in [0, 0.1) is 23.7 Å². The summed E-state index contributed by atoms with van der Waals surface area (Å²) in [7, 11) is 0. The fraction of sp³-hybridized carbons (Fsp3) is 1.00. The van der Waals surface area contributed by atoms with Gasteiger partial charge in [0.1, 0.15) is 0 Å². The predicted octanol–water partition coefficient (Wildman–Crippen LogP) is 3.47. The van der Waals surface area contributed by atoms with Gasteiger partial charge in [-0.25, -0.2) is 0 Å². The van der Waals surface area contributed by atoms with Crippen LogP contribution >= 0.6 is 0 Å². The minimum absolute atomic E-state index is 0.0279. The quantitative estimate of drug-likeness (QED) is 0.733. The Morgan fingerprint density at radius 2 is 1.36 bits per heavy atom. The molecule has 0 saturated heterocycles. The molecule has 0 aliphatic heterocycles. The smallest absolute Gasteiger partial charge is 0.0601 e. The first-order valence-corrected chi connectivity index (χ1v) is 6.29. The summed E-state index contributed by atoms with van der Waals surface area (Å²) in [5.74, 6) is 2.52. The fourth-order valence-corrected chi connectivity index (χ4v) is 2.89. The van der Waals surface area contributed by atoms with Gasteiger partial charge in [0.2, 0.25) is 0 Å². The molecule has 84 valence electrons. The van der Waals surface area contributed by atoms with Crippen molar-refractivity contribution < 1.29 is 5.11 Å². The Morgan fingerprint density at radius 1 is 1.00 bits per heavy atom. The van der Waals surface area contributed by atoms with Gasteiger partial charge in [-0.2, -0.15) is 0 Å². The van der Waals surface area contributed by atoms with Crippen molar-refractivity contribution in [2.45, 2.75) is 59.5 Å². The van der Waals surface area contributed by atoms with E-state index in [0.29, 0.717) is 23.7 Å². The Hall–Kier alpha value is -0.0400. The zero-order valence-electron chi connectivity index (χ0n) is 10.2. The number of hydrogen-bond acceptors (Lipinski definition) is 1. The van der Waals surface area contributed by atoms with Gasteiger partial charge in [-0.1, -0.05) is 40.5 Å². The molecule has 1 aliphatic carbocycles. The van der Waals surface area contributed by atoms with Gasteiger partial charge in [-0.15, -0.1) is 0 Å². The molecular formula is C13H26O. The Labute approximate surface area is 88.9 Å². The highest BCUT2D eigenvalue weighted by atomic mass is 16.3. The lowest BCUT2D eigenvalue weighted by Crippen LogP contribution is -2.28. The molecule has 0 aromatic carbocycles. The summed E-state index contributed by atoms with van der Waals surface area (Å²) in [6.07, 6.45) is 4.86. The molecule has 0 bridgehead atoms. The molecule has 1 aliphatic rings. The lowest BCUT2D eigenvalue weighted by Gasteiger charge is -2.27. The van der Waals surface area contributed by atoms with E-state index in [2.05, 4.69) is 27.7 Å². The van der Waals surface area contributed by atoms with E-state index >= 15 is 0 Å². The standard InChI is InChI=1S/C13H26O/c1-5-9(3)11-7-8-12(13(11)14)10(4)6-2/h9-14H,5-8H2,1-4H3. The molecule has 4 atom stereocenters. The second-order valence-electron chi connectivity index (χ2n) is 5.17. The average Bonchev–Trinajstić information content (AvgIpc) is 2.58. The van der Waals surface area contributed by atoms with Crippen molar-refractivity contribution in [3.05, 3.63) is 0 Å². The third-order valence-corrected chi connectivity index (χ3v) is 4.46. The molecule has 14 heavy (non-hydrogen) atoms. The van der Waals surface area contributed by atoms with Crippen LogP contribution in [0.4, 0.5) is 0 Å². The summed E-state index contributed by atoms with van der Waals surface area (Å²) in [5.41, 5.74) is 0. The molecule has 0 radical (unpaired) electrons. The van der Waals surface area contributed by atoms with Crippen molar-refractivity contribution in [3.63, 3.8) is 0 Å². The molecule has 1 saturated carbocycles. The van der Waals surface area contributed by atoms with Gasteiger partial charge in [0.05, 0.1) is 6.10 Å². The van der Waals surface area contributed by atoms with Crippen molar-refractivity contribution in [2.75, 3.05) is 0 Å². The molecule has 1 nitrogen and oxygen atoms in total.